The highest BCUT2D eigenvalue weighted by Gasteiger charge is 2.57. The molecule has 1 spiro atoms. The number of rotatable bonds is 6. The summed E-state index contributed by atoms with van der Waals surface area (Å²) in [4.78, 5) is 16.3. The van der Waals surface area contributed by atoms with Crippen LogP contribution in [0.2, 0.25) is 0 Å². The smallest absolute Gasteiger partial charge is 0.227 e. The molecule has 2 unspecified atom stereocenters. The van der Waals surface area contributed by atoms with Crippen molar-refractivity contribution in [1.82, 2.24) is 15.5 Å². The highest BCUT2D eigenvalue weighted by atomic mass is 16.5. The van der Waals surface area contributed by atoms with Crippen LogP contribution >= 0.6 is 0 Å². The molecule has 1 N–H and O–H groups in total. The highest BCUT2D eigenvalue weighted by Crippen LogP contribution is 2.54. The van der Waals surface area contributed by atoms with Crippen molar-refractivity contribution in [2.75, 3.05) is 6.61 Å². The average molecular weight is 307 g/mol. The topological polar surface area (TPSA) is 77.2 Å². The van der Waals surface area contributed by atoms with E-state index in [1.54, 1.807) is 6.92 Å². The van der Waals surface area contributed by atoms with E-state index >= 15 is 0 Å². The molecule has 22 heavy (non-hydrogen) atoms. The quantitative estimate of drug-likeness (QED) is 0.871. The Morgan fingerprint density at radius 3 is 2.86 bits per heavy atom. The van der Waals surface area contributed by atoms with Crippen LogP contribution in [0.1, 0.15) is 57.2 Å². The van der Waals surface area contributed by atoms with Gasteiger partial charge in [-0.2, -0.15) is 4.98 Å². The molecule has 2 aliphatic carbocycles. The van der Waals surface area contributed by atoms with Gasteiger partial charge in [-0.05, 0) is 33.1 Å². The van der Waals surface area contributed by atoms with Crippen molar-refractivity contribution in [2.24, 2.45) is 5.41 Å². The molecule has 1 aromatic rings. The van der Waals surface area contributed by atoms with Crippen molar-refractivity contribution in [3.05, 3.63) is 11.7 Å². The molecule has 6 heteroatoms. The number of hydrogen-bond donors (Lipinski definition) is 1. The molecule has 122 valence electrons. The molecule has 0 aliphatic heterocycles. The number of amides is 1. The summed E-state index contributed by atoms with van der Waals surface area (Å²) in [5.74, 6) is 1.21. The Bertz CT molecular complexity index is 522. The van der Waals surface area contributed by atoms with E-state index in [0.29, 0.717) is 30.7 Å². The number of carbonyl (C=O) groups is 1. The van der Waals surface area contributed by atoms with Crippen LogP contribution in [0.25, 0.3) is 0 Å². The lowest BCUT2D eigenvalue weighted by atomic mass is 9.60. The molecule has 2 atom stereocenters. The second-order valence-electron chi connectivity index (χ2n) is 6.48. The van der Waals surface area contributed by atoms with Crippen molar-refractivity contribution >= 4 is 5.91 Å². The van der Waals surface area contributed by atoms with Crippen molar-refractivity contribution in [1.29, 1.82) is 0 Å². The van der Waals surface area contributed by atoms with E-state index in [0.717, 1.165) is 13.0 Å². The number of carbonyl (C=O) groups excluding carboxylic acids is 1. The van der Waals surface area contributed by atoms with Gasteiger partial charge in [0.25, 0.3) is 0 Å². The normalized spacial score (nSPS) is 26.1. The van der Waals surface area contributed by atoms with Crippen molar-refractivity contribution in [3.63, 3.8) is 0 Å². The molecule has 2 saturated carbocycles. The van der Waals surface area contributed by atoms with Crippen molar-refractivity contribution in [2.45, 2.75) is 70.9 Å². The van der Waals surface area contributed by atoms with Crippen LogP contribution in [-0.2, 0) is 16.0 Å². The lowest BCUT2D eigenvalue weighted by molar-refractivity contribution is -0.144. The third-order valence-corrected chi connectivity index (χ3v) is 5.16. The van der Waals surface area contributed by atoms with Gasteiger partial charge in [0.05, 0.1) is 6.10 Å². The van der Waals surface area contributed by atoms with Gasteiger partial charge in [0.15, 0.2) is 5.82 Å². The molecule has 2 fully saturated rings. The predicted molar refractivity (Wildman–Crippen MR) is 80.2 cm³/mol. The van der Waals surface area contributed by atoms with Crippen LogP contribution in [0.15, 0.2) is 4.52 Å². The molecule has 3 rings (SSSR count). The van der Waals surface area contributed by atoms with E-state index in [1.165, 1.54) is 25.7 Å². The van der Waals surface area contributed by atoms with E-state index in [4.69, 9.17) is 9.26 Å². The second-order valence-corrected chi connectivity index (χ2v) is 6.48. The van der Waals surface area contributed by atoms with Crippen LogP contribution in [0.5, 0.6) is 0 Å². The van der Waals surface area contributed by atoms with Gasteiger partial charge in [0.2, 0.25) is 11.8 Å². The number of aryl methyl sites for hydroxylation is 2. The first kappa shape index (κ1) is 15.5. The zero-order valence-corrected chi connectivity index (χ0v) is 13.4. The van der Waals surface area contributed by atoms with E-state index < -0.39 is 0 Å². The Kier molecular flexibility index (Phi) is 4.47. The molecule has 1 aromatic heterocycles. The fraction of sp³-hybridized carbons (Fsp3) is 0.812. The lowest BCUT2D eigenvalue weighted by Gasteiger charge is -2.54. The summed E-state index contributed by atoms with van der Waals surface area (Å²) < 4.78 is 10.9. The number of nitrogens with one attached hydrogen (secondary N) is 1. The number of hydrogen-bond acceptors (Lipinski definition) is 5. The summed E-state index contributed by atoms with van der Waals surface area (Å²) in [6.07, 6.45) is 7.00. The van der Waals surface area contributed by atoms with E-state index in [-0.39, 0.29) is 17.4 Å². The zero-order chi connectivity index (χ0) is 15.6. The Balaban J connectivity index is 1.51. The minimum atomic E-state index is 0.0714. The van der Waals surface area contributed by atoms with E-state index in [1.807, 2.05) is 6.92 Å². The maximum Gasteiger partial charge on any atom is 0.227 e. The third-order valence-electron chi connectivity index (χ3n) is 5.16. The second kappa shape index (κ2) is 6.36. The maximum atomic E-state index is 12.2. The molecular formula is C16H25N3O3. The summed E-state index contributed by atoms with van der Waals surface area (Å²) in [7, 11) is 0. The predicted octanol–water partition coefficient (Wildman–Crippen LogP) is 2.16. The first-order chi connectivity index (χ1) is 10.6. The summed E-state index contributed by atoms with van der Waals surface area (Å²) in [5.41, 5.74) is 0.187. The van der Waals surface area contributed by atoms with Gasteiger partial charge < -0.3 is 14.6 Å². The van der Waals surface area contributed by atoms with Crippen LogP contribution in [0.4, 0.5) is 0 Å². The van der Waals surface area contributed by atoms with Gasteiger partial charge in [-0.25, -0.2) is 0 Å². The molecule has 1 amide bonds. The highest BCUT2D eigenvalue weighted by molar-refractivity contribution is 5.76. The summed E-state index contributed by atoms with van der Waals surface area (Å²) >= 11 is 0. The van der Waals surface area contributed by atoms with E-state index in [2.05, 4.69) is 15.5 Å². The van der Waals surface area contributed by atoms with E-state index in [9.17, 15) is 4.79 Å². The Labute approximate surface area is 131 Å². The van der Waals surface area contributed by atoms with Crippen molar-refractivity contribution in [3.8, 4) is 0 Å². The Morgan fingerprint density at radius 1 is 1.45 bits per heavy atom. The van der Waals surface area contributed by atoms with Crippen LogP contribution in [-0.4, -0.2) is 34.8 Å². The van der Waals surface area contributed by atoms with Gasteiger partial charge >= 0.3 is 0 Å². The number of aromatic nitrogens is 2. The fourth-order valence-electron chi connectivity index (χ4n) is 4.02. The maximum absolute atomic E-state index is 12.2. The Morgan fingerprint density at radius 2 is 2.23 bits per heavy atom. The molecular weight excluding hydrogens is 282 g/mol. The summed E-state index contributed by atoms with van der Waals surface area (Å²) in [5, 5.41) is 6.94. The summed E-state index contributed by atoms with van der Waals surface area (Å²) in [6, 6.07) is 0.267. The minimum Gasteiger partial charge on any atom is -0.378 e. The van der Waals surface area contributed by atoms with Gasteiger partial charge in [-0.3, -0.25) is 4.79 Å². The third kappa shape index (κ3) is 2.89. The van der Waals surface area contributed by atoms with Gasteiger partial charge in [-0.15, -0.1) is 0 Å². The van der Waals surface area contributed by atoms with Gasteiger partial charge in [0, 0.05) is 30.9 Å². The Hall–Kier alpha value is -1.43. The number of ether oxygens (including phenoxy) is 1. The molecule has 0 bridgehead atoms. The fourth-order valence-corrected chi connectivity index (χ4v) is 4.02. The number of nitrogens with zero attached hydrogens (tertiary/aromatic N) is 2. The van der Waals surface area contributed by atoms with Crippen LogP contribution in [0, 0.1) is 12.3 Å². The molecule has 6 nitrogen and oxygen atoms in total. The van der Waals surface area contributed by atoms with Gasteiger partial charge in [-0.1, -0.05) is 18.0 Å². The standard InChI is InChI=1S/C16H25N3O3/c1-3-21-13-10-12(16(13)8-4-5-9-16)18-14(20)6-7-15-17-11(2)19-22-15/h12-13H,3-10H2,1-2H3,(H,18,20). The lowest BCUT2D eigenvalue weighted by Crippen LogP contribution is -2.63. The minimum absolute atomic E-state index is 0.0714. The first-order valence-corrected chi connectivity index (χ1v) is 8.34. The first-order valence-electron chi connectivity index (χ1n) is 8.34. The molecule has 0 aromatic carbocycles. The molecule has 0 saturated heterocycles. The average Bonchev–Trinajstić information content (AvgIpc) is 3.14. The molecule has 0 radical (unpaired) electrons. The van der Waals surface area contributed by atoms with Crippen LogP contribution in [0.3, 0.4) is 0 Å². The summed E-state index contributed by atoms with van der Waals surface area (Å²) in [6.45, 7) is 4.57. The largest absolute Gasteiger partial charge is 0.378 e. The monoisotopic (exact) mass is 307 g/mol. The molecule has 2 aliphatic rings. The van der Waals surface area contributed by atoms with Gasteiger partial charge in [0.1, 0.15) is 0 Å². The van der Waals surface area contributed by atoms with Crippen molar-refractivity contribution < 1.29 is 14.1 Å². The zero-order valence-electron chi connectivity index (χ0n) is 13.4. The SMILES string of the molecule is CCOC1CC(NC(=O)CCc2nc(C)no2)C12CCCC2. The molecule has 1 heterocycles. The van der Waals surface area contributed by atoms with Crippen LogP contribution < -0.4 is 5.32 Å².